The lowest BCUT2D eigenvalue weighted by Gasteiger charge is -2.27. The normalized spacial score (nSPS) is 16.5. The van der Waals surface area contributed by atoms with Crippen molar-refractivity contribution in [2.24, 2.45) is 0 Å². The predicted octanol–water partition coefficient (Wildman–Crippen LogP) is 3.34. The molecule has 1 atom stereocenters. The molecule has 3 amide bonds. The third-order valence-corrected chi connectivity index (χ3v) is 8.79. The van der Waals surface area contributed by atoms with E-state index < -0.39 is 33.8 Å². The number of sulfonamides is 1. The second-order valence-corrected chi connectivity index (χ2v) is 12.0. The highest BCUT2D eigenvalue weighted by Crippen LogP contribution is 2.32. The molecule has 214 valence electrons. The predicted molar refractivity (Wildman–Crippen MR) is 151 cm³/mol. The van der Waals surface area contributed by atoms with E-state index in [1.54, 1.807) is 62.4 Å². The zero-order valence-electron chi connectivity index (χ0n) is 22.8. The van der Waals surface area contributed by atoms with Crippen molar-refractivity contribution < 1.29 is 32.3 Å². The topological polar surface area (TPSA) is 122 Å². The van der Waals surface area contributed by atoms with Crippen molar-refractivity contribution in [2.45, 2.75) is 37.3 Å². The van der Waals surface area contributed by atoms with Gasteiger partial charge in [0.15, 0.2) is 0 Å². The molecule has 1 N–H and O–H groups in total. The Balaban J connectivity index is 1.51. The molecule has 0 radical (unpaired) electrons. The highest BCUT2D eigenvalue weighted by molar-refractivity contribution is 7.89. The van der Waals surface area contributed by atoms with Gasteiger partial charge in [0.25, 0.3) is 11.8 Å². The molecule has 1 saturated heterocycles. The van der Waals surface area contributed by atoms with Crippen LogP contribution >= 0.6 is 0 Å². The molecule has 0 saturated carbocycles. The fourth-order valence-electron chi connectivity index (χ4n) is 4.91. The van der Waals surface area contributed by atoms with Crippen molar-refractivity contribution in [1.82, 2.24) is 9.21 Å². The third kappa shape index (κ3) is 5.88. The number of carbonyl (C=O) groups excluding carboxylic acids is 3. The van der Waals surface area contributed by atoms with Gasteiger partial charge in [0.1, 0.15) is 11.8 Å². The van der Waals surface area contributed by atoms with Crippen molar-refractivity contribution >= 4 is 33.4 Å². The van der Waals surface area contributed by atoms with Gasteiger partial charge >= 0.3 is 0 Å². The highest BCUT2D eigenvalue weighted by atomic mass is 32.2. The molecule has 3 aromatic rings. The minimum Gasteiger partial charge on any atom is -0.489 e. The Kier molecular flexibility index (Phi) is 8.20. The van der Waals surface area contributed by atoms with Crippen molar-refractivity contribution in [1.29, 1.82) is 0 Å². The molecule has 2 aliphatic rings. The number of rotatable bonds is 9. The molecule has 0 unspecified atom stereocenters. The number of benzene rings is 3. The van der Waals surface area contributed by atoms with E-state index >= 15 is 0 Å². The number of morpholine rings is 1. The summed E-state index contributed by atoms with van der Waals surface area (Å²) in [7, 11) is -3.88. The van der Waals surface area contributed by atoms with Crippen molar-refractivity contribution in [2.75, 3.05) is 31.6 Å². The molecule has 0 aliphatic carbocycles. The Hall–Kier alpha value is -4.06. The Morgan fingerprint density at radius 3 is 2.15 bits per heavy atom. The van der Waals surface area contributed by atoms with Gasteiger partial charge in [-0.1, -0.05) is 42.5 Å². The number of nitrogens with zero attached hydrogens (tertiary/aromatic N) is 2. The van der Waals surface area contributed by atoms with Gasteiger partial charge in [0, 0.05) is 19.5 Å². The van der Waals surface area contributed by atoms with Gasteiger partial charge in [-0.05, 0) is 49.7 Å². The number of fused-ring (bicyclic) bond motifs is 1. The van der Waals surface area contributed by atoms with Crippen LogP contribution in [0.2, 0.25) is 0 Å². The van der Waals surface area contributed by atoms with E-state index in [-0.39, 0.29) is 53.1 Å². The minimum atomic E-state index is -3.88. The van der Waals surface area contributed by atoms with E-state index in [1.807, 2.05) is 6.07 Å². The maximum atomic E-state index is 14.0. The van der Waals surface area contributed by atoms with Crippen LogP contribution in [0.25, 0.3) is 0 Å². The number of imide groups is 1. The zero-order chi connectivity index (χ0) is 29.1. The van der Waals surface area contributed by atoms with Gasteiger partial charge in [0.2, 0.25) is 15.9 Å². The number of anilines is 1. The van der Waals surface area contributed by atoms with Crippen LogP contribution in [-0.4, -0.2) is 73.8 Å². The molecular formula is C30H31N3O7S. The van der Waals surface area contributed by atoms with Crippen LogP contribution in [-0.2, 0) is 26.0 Å². The van der Waals surface area contributed by atoms with Gasteiger partial charge in [-0.3, -0.25) is 19.3 Å². The van der Waals surface area contributed by atoms with Crippen LogP contribution in [0.4, 0.5) is 5.69 Å². The zero-order valence-corrected chi connectivity index (χ0v) is 23.6. The monoisotopic (exact) mass is 577 g/mol. The second kappa shape index (κ2) is 11.8. The molecule has 1 fully saturated rings. The van der Waals surface area contributed by atoms with E-state index in [1.165, 1.54) is 22.5 Å². The summed E-state index contributed by atoms with van der Waals surface area (Å²) in [5, 5.41) is 2.78. The molecule has 2 aliphatic heterocycles. The van der Waals surface area contributed by atoms with E-state index in [0.717, 1.165) is 10.5 Å². The Morgan fingerprint density at radius 2 is 1.54 bits per heavy atom. The Morgan fingerprint density at radius 1 is 0.927 bits per heavy atom. The lowest BCUT2D eigenvalue weighted by Crippen LogP contribution is -2.48. The highest BCUT2D eigenvalue weighted by Gasteiger charge is 2.43. The molecule has 2 heterocycles. The summed E-state index contributed by atoms with van der Waals surface area (Å²) in [6, 6.07) is 18.6. The molecule has 0 spiro atoms. The first kappa shape index (κ1) is 28.5. The summed E-state index contributed by atoms with van der Waals surface area (Å²) in [6.45, 7) is 4.62. The molecule has 0 aromatic heterocycles. The fourth-order valence-corrected chi connectivity index (χ4v) is 6.34. The number of amides is 3. The quantitative estimate of drug-likeness (QED) is 0.387. The summed E-state index contributed by atoms with van der Waals surface area (Å²) < 4.78 is 39.3. The smallest absolute Gasteiger partial charge is 0.262 e. The lowest BCUT2D eigenvalue weighted by atomic mass is 10.0. The van der Waals surface area contributed by atoms with Crippen LogP contribution in [0.3, 0.4) is 0 Å². The summed E-state index contributed by atoms with van der Waals surface area (Å²) in [6.07, 6.45) is -0.215. The van der Waals surface area contributed by atoms with Crippen molar-refractivity contribution in [3.05, 3.63) is 89.5 Å². The molecule has 5 rings (SSSR count). The molecule has 10 nitrogen and oxygen atoms in total. The number of hydrogen-bond donors (Lipinski definition) is 1. The first-order chi connectivity index (χ1) is 19.7. The molecule has 0 bridgehead atoms. The summed E-state index contributed by atoms with van der Waals surface area (Å²) in [5.41, 5.74) is 1.32. The standard InChI is InChI=1S/C30H31N3O7S/c1-20(2)40-27-13-12-22(41(37,38)32-14-16-39-17-15-32)19-25(27)31-28(34)26(18-21-8-4-3-5-9-21)33-29(35)23-10-6-7-11-24(23)30(33)36/h3-13,19-20,26H,14-18H2,1-2H3,(H,31,34)/t26-/m0/s1. The fraction of sp³-hybridized carbons (Fsp3) is 0.300. The van der Waals surface area contributed by atoms with Gasteiger partial charge in [-0.15, -0.1) is 0 Å². The molecular weight excluding hydrogens is 546 g/mol. The van der Waals surface area contributed by atoms with Gasteiger partial charge in [0.05, 0.1) is 41.0 Å². The van der Waals surface area contributed by atoms with Crippen molar-refractivity contribution in [3.63, 3.8) is 0 Å². The number of carbonyl (C=O) groups is 3. The second-order valence-electron chi connectivity index (χ2n) is 10.1. The Bertz CT molecular complexity index is 1530. The number of nitrogens with one attached hydrogen (secondary N) is 1. The van der Waals surface area contributed by atoms with Crippen molar-refractivity contribution in [3.8, 4) is 5.75 Å². The van der Waals surface area contributed by atoms with Crippen LogP contribution in [0.5, 0.6) is 5.75 Å². The number of hydrogen-bond acceptors (Lipinski definition) is 7. The van der Waals surface area contributed by atoms with Crippen LogP contribution in [0.15, 0.2) is 77.7 Å². The van der Waals surface area contributed by atoms with E-state index in [2.05, 4.69) is 5.32 Å². The molecule has 11 heteroatoms. The first-order valence-corrected chi connectivity index (χ1v) is 14.8. The summed E-state index contributed by atoms with van der Waals surface area (Å²) in [4.78, 5) is 41.7. The lowest BCUT2D eigenvalue weighted by molar-refractivity contribution is -0.120. The third-order valence-electron chi connectivity index (χ3n) is 6.89. The van der Waals surface area contributed by atoms with Crippen LogP contribution in [0.1, 0.15) is 40.1 Å². The maximum Gasteiger partial charge on any atom is 0.262 e. The van der Waals surface area contributed by atoms with Gasteiger partial charge in [-0.2, -0.15) is 4.31 Å². The van der Waals surface area contributed by atoms with E-state index in [9.17, 15) is 22.8 Å². The van der Waals surface area contributed by atoms with Gasteiger partial charge in [-0.25, -0.2) is 8.42 Å². The average Bonchev–Trinajstić information content (AvgIpc) is 3.22. The minimum absolute atomic E-state index is 0.0221. The van der Waals surface area contributed by atoms with Gasteiger partial charge < -0.3 is 14.8 Å². The molecule has 41 heavy (non-hydrogen) atoms. The maximum absolute atomic E-state index is 14.0. The average molecular weight is 578 g/mol. The van der Waals surface area contributed by atoms with Crippen LogP contribution in [0, 0.1) is 0 Å². The first-order valence-electron chi connectivity index (χ1n) is 13.4. The largest absolute Gasteiger partial charge is 0.489 e. The SMILES string of the molecule is CC(C)Oc1ccc(S(=O)(=O)N2CCOCC2)cc1NC(=O)[C@H](Cc1ccccc1)N1C(=O)c2ccccc2C1=O. The Labute approximate surface area is 238 Å². The van der Waals surface area contributed by atoms with E-state index in [4.69, 9.17) is 9.47 Å². The number of ether oxygens (including phenoxy) is 2. The summed E-state index contributed by atoms with van der Waals surface area (Å²) in [5.74, 6) is -1.53. The van der Waals surface area contributed by atoms with E-state index in [0.29, 0.717) is 13.2 Å². The molecule has 3 aromatic carbocycles. The van der Waals surface area contributed by atoms with Crippen LogP contribution < -0.4 is 10.1 Å². The summed E-state index contributed by atoms with van der Waals surface area (Å²) >= 11 is 0.